The van der Waals surface area contributed by atoms with Crippen molar-refractivity contribution in [3.63, 3.8) is 0 Å². The van der Waals surface area contributed by atoms with Gasteiger partial charge in [0.2, 0.25) is 11.8 Å². The van der Waals surface area contributed by atoms with Crippen LogP contribution in [0.4, 0.5) is 4.79 Å². The van der Waals surface area contributed by atoms with Crippen molar-refractivity contribution in [3.8, 4) is 0 Å². The fraction of sp³-hybridized carbons (Fsp3) is 0.467. The summed E-state index contributed by atoms with van der Waals surface area (Å²) >= 11 is 0. The van der Waals surface area contributed by atoms with Crippen LogP contribution >= 0.6 is 0 Å². The molecule has 3 rings (SSSR count). The molecule has 1 aromatic rings. The molecular formula is C15H17N3O3. The van der Waals surface area contributed by atoms with Crippen molar-refractivity contribution in [1.82, 2.24) is 15.2 Å². The number of carbonyl (C=O) groups excluding carboxylic acids is 3. The van der Waals surface area contributed by atoms with Crippen LogP contribution in [0.3, 0.4) is 0 Å². The normalized spacial score (nSPS) is 21.0. The third-order valence-electron chi connectivity index (χ3n) is 4.33. The van der Waals surface area contributed by atoms with Gasteiger partial charge in [-0.05, 0) is 25.0 Å². The minimum atomic E-state index is -1.02. The molecule has 110 valence electrons. The Morgan fingerprint density at radius 1 is 1.19 bits per heavy atom. The molecule has 1 saturated heterocycles. The van der Waals surface area contributed by atoms with Gasteiger partial charge in [0.15, 0.2) is 0 Å². The summed E-state index contributed by atoms with van der Waals surface area (Å²) < 4.78 is 0. The van der Waals surface area contributed by atoms with Gasteiger partial charge in [0.1, 0.15) is 5.41 Å². The maximum absolute atomic E-state index is 12.6. The number of carbonyl (C=O) groups is 3. The molecule has 6 nitrogen and oxygen atoms in total. The summed E-state index contributed by atoms with van der Waals surface area (Å²) in [6, 6.07) is 4.91. The molecule has 1 spiro atoms. The average Bonchev–Trinajstić information content (AvgIpc) is 2.97. The summed E-state index contributed by atoms with van der Waals surface area (Å²) in [5.74, 6) is -0.770. The van der Waals surface area contributed by atoms with Gasteiger partial charge in [-0.15, -0.1) is 0 Å². The Labute approximate surface area is 122 Å². The molecule has 6 heteroatoms. The van der Waals surface area contributed by atoms with Crippen LogP contribution in [-0.2, 0) is 16.0 Å². The zero-order chi connectivity index (χ0) is 14.9. The lowest BCUT2D eigenvalue weighted by atomic mass is 9.82. The molecule has 2 aliphatic rings. The summed E-state index contributed by atoms with van der Waals surface area (Å²) in [6.45, 7) is 0.247. The number of aromatic nitrogens is 1. The number of urea groups is 1. The zero-order valence-corrected chi connectivity index (χ0v) is 11.7. The van der Waals surface area contributed by atoms with E-state index < -0.39 is 17.4 Å². The predicted octanol–water partition coefficient (Wildman–Crippen LogP) is 1.26. The van der Waals surface area contributed by atoms with Gasteiger partial charge in [-0.2, -0.15) is 0 Å². The molecule has 1 aliphatic heterocycles. The monoisotopic (exact) mass is 287 g/mol. The first-order valence-electron chi connectivity index (χ1n) is 7.21. The van der Waals surface area contributed by atoms with Crippen LogP contribution in [0, 0.1) is 5.41 Å². The van der Waals surface area contributed by atoms with Crippen LogP contribution in [-0.4, -0.2) is 34.3 Å². The highest BCUT2D eigenvalue weighted by molar-refractivity contribution is 6.19. The number of nitrogens with zero attached hydrogens (tertiary/aromatic N) is 2. The quantitative estimate of drug-likeness (QED) is 0.849. The lowest BCUT2D eigenvalue weighted by molar-refractivity contribution is -0.151. The molecule has 0 bridgehead atoms. The van der Waals surface area contributed by atoms with Crippen molar-refractivity contribution in [1.29, 1.82) is 0 Å². The third-order valence-corrected chi connectivity index (χ3v) is 4.33. The third kappa shape index (κ3) is 2.30. The SMILES string of the molecule is O=C1NC(=O)C2(CCCC2)C(=O)N1CCc1ccccn1. The van der Waals surface area contributed by atoms with E-state index in [9.17, 15) is 14.4 Å². The van der Waals surface area contributed by atoms with Crippen LogP contribution in [0.1, 0.15) is 31.4 Å². The number of barbiturate groups is 1. The van der Waals surface area contributed by atoms with E-state index in [1.54, 1.807) is 6.20 Å². The molecule has 1 saturated carbocycles. The van der Waals surface area contributed by atoms with E-state index in [0.29, 0.717) is 19.3 Å². The van der Waals surface area contributed by atoms with E-state index in [1.807, 2.05) is 18.2 Å². The highest BCUT2D eigenvalue weighted by Gasteiger charge is 2.54. The van der Waals surface area contributed by atoms with Crippen molar-refractivity contribution in [2.24, 2.45) is 5.41 Å². The lowest BCUT2D eigenvalue weighted by Crippen LogP contribution is -2.63. The van der Waals surface area contributed by atoms with Crippen molar-refractivity contribution in [2.45, 2.75) is 32.1 Å². The van der Waals surface area contributed by atoms with Crippen molar-refractivity contribution in [3.05, 3.63) is 30.1 Å². The summed E-state index contributed by atoms with van der Waals surface area (Å²) in [6.07, 6.45) is 4.93. The first kappa shape index (κ1) is 13.7. The fourth-order valence-electron chi connectivity index (χ4n) is 3.13. The first-order chi connectivity index (χ1) is 10.1. The molecular weight excluding hydrogens is 270 g/mol. The van der Waals surface area contributed by atoms with Crippen molar-refractivity contribution < 1.29 is 14.4 Å². The molecule has 0 aromatic carbocycles. The Morgan fingerprint density at radius 2 is 1.95 bits per heavy atom. The van der Waals surface area contributed by atoms with Crippen LogP contribution in [0.2, 0.25) is 0 Å². The number of imide groups is 2. The molecule has 21 heavy (non-hydrogen) atoms. The predicted molar refractivity (Wildman–Crippen MR) is 74.1 cm³/mol. The largest absolute Gasteiger partial charge is 0.330 e. The second kappa shape index (κ2) is 5.27. The van der Waals surface area contributed by atoms with Crippen LogP contribution < -0.4 is 5.32 Å². The van der Waals surface area contributed by atoms with E-state index in [-0.39, 0.29) is 12.5 Å². The van der Waals surface area contributed by atoms with Gasteiger partial charge < -0.3 is 0 Å². The molecule has 1 N–H and O–H groups in total. The average molecular weight is 287 g/mol. The molecule has 0 radical (unpaired) electrons. The van der Waals surface area contributed by atoms with E-state index >= 15 is 0 Å². The lowest BCUT2D eigenvalue weighted by Gasteiger charge is -2.36. The Morgan fingerprint density at radius 3 is 2.62 bits per heavy atom. The molecule has 2 fully saturated rings. The molecule has 2 heterocycles. The summed E-state index contributed by atoms with van der Waals surface area (Å²) in [7, 11) is 0. The van der Waals surface area contributed by atoms with E-state index in [1.165, 1.54) is 4.90 Å². The second-order valence-electron chi connectivity index (χ2n) is 5.58. The maximum atomic E-state index is 12.6. The molecule has 1 aliphatic carbocycles. The summed E-state index contributed by atoms with van der Waals surface area (Å²) in [5.41, 5.74) is -0.201. The number of hydrogen-bond acceptors (Lipinski definition) is 4. The smallest absolute Gasteiger partial charge is 0.277 e. The Bertz CT molecular complexity index is 579. The maximum Gasteiger partial charge on any atom is 0.330 e. The highest BCUT2D eigenvalue weighted by Crippen LogP contribution is 2.41. The standard InChI is InChI=1S/C15H17N3O3/c19-12-15(7-2-3-8-15)13(20)18(14(21)17-12)10-6-11-5-1-4-9-16-11/h1,4-5,9H,2-3,6-8,10H2,(H,17,19,21). The second-order valence-corrected chi connectivity index (χ2v) is 5.58. The first-order valence-corrected chi connectivity index (χ1v) is 7.21. The Hall–Kier alpha value is -2.24. The van der Waals surface area contributed by atoms with E-state index in [0.717, 1.165) is 18.5 Å². The minimum Gasteiger partial charge on any atom is -0.277 e. The van der Waals surface area contributed by atoms with Gasteiger partial charge >= 0.3 is 6.03 Å². The zero-order valence-electron chi connectivity index (χ0n) is 11.7. The van der Waals surface area contributed by atoms with Gasteiger partial charge in [-0.3, -0.25) is 24.8 Å². The van der Waals surface area contributed by atoms with E-state index in [2.05, 4.69) is 10.3 Å². The summed E-state index contributed by atoms with van der Waals surface area (Å²) in [4.78, 5) is 42.0. The highest BCUT2D eigenvalue weighted by atomic mass is 16.2. The molecule has 1 aromatic heterocycles. The van der Waals surface area contributed by atoms with Crippen molar-refractivity contribution >= 4 is 17.8 Å². The molecule has 0 unspecified atom stereocenters. The topological polar surface area (TPSA) is 79.4 Å². The Kier molecular flexibility index (Phi) is 3.45. The van der Waals surface area contributed by atoms with Gasteiger partial charge in [-0.1, -0.05) is 18.9 Å². The van der Waals surface area contributed by atoms with Crippen LogP contribution in [0.5, 0.6) is 0 Å². The number of hydrogen-bond donors (Lipinski definition) is 1. The number of nitrogens with one attached hydrogen (secondary N) is 1. The van der Waals surface area contributed by atoms with Crippen molar-refractivity contribution in [2.75, 3.05) is 6.54 Å². The Balaban J connectivity index is 1.76. The fourth-order valence-corrected chi connectivity index (χ4v) is 3.13. The van der Waals surface area contributed by atoms with Gasteiger partial charge in [0.05, 0.1) is 0 Å². The molecule has 0 atom stereocenters. The summed E-state index contributed by atoms with van der Waals surface area (Å²) in [5, 5.41) is 2.34. The number of rotatable bonds is 3. The van der Waals surface area contributed by atoms with E-state index in [4.69, 9.17) is 0 Å². The van der Waals surface area contributed by atoms with Crippen LogP contribution in [0.15, 0.2) is 24.4 Å². The number of pyridine rings is 1. The van der Waals surface area contributed by atoms with Crippen LogP contribution in [0.25, 0.3) is 0 Å². The van der Waals surface area contributed by atoms with Gasteiger partial charge in [-0.25, -0.2) is 4.79 Å². The number of amides is 4. The van der Waals surface area contributed by atoms with Gasteiger partial charge in [0.25, 0.3) is 0 Å². The molecule has 4 amide bonds. The van der Waals surface area contributed by atoms with Gasteiger partial charge in [0, 0.05) is 24.9 Å². The minimum absolute atomic E-state index is 0.247.